The number of esters is 1. The molecule has 44 heavy (non-hydrogen) atoms. The zero-order valence-corrected chi connectivity index (χ0v) is 27.1. The number of rotatable bonds is 7. The first-order valence-electron chi connectivity index (χ1n) is 15.1. The highest BCUT2D eigenvalue weighted by Gasteiger charge is 2.56. The van der Waals surface area contributed by atoms with Crippen molar-refractivity contribution in [3.8, 4) is 0 Å². The highest BCUT2D eigenvalue weighted by atomic mass is 32.2. The highest BCUT2D eigenvalue weighted by Crippen LogP contribution is 2.60. The molecule has 0 aromatic heterocycles. The van der Waals surface area contributed by atoms with Crippen LogP contribution >= 0.6 is 0 Å². The van der Waals surface area contributed by atoms with Gasteiger partial charge in [-0.2, -0.15) is 17.2 Å². The molecule has 0 spiro atoms. The number of carbonyl (C=O) groups is 1. The lowest BCUT2D eigenvalue weighted by Crippen LogP contribution is -2.49. The number of ether oxygens (including phenoxy) is 1. The molecule has 0 heterocycles. The van der Waals surface area contributed by atoms with Gasteiger partial charge in [0.05, 0.1) is 17.5 Å². The third kappa shape index (κ3) is 7.21. The predicted molar refractivity (Wildman–Crippen MR) is 168 cm³/mol. The van der Waals surface area contributed by atoms with E-state index in [0.717, 1.165) is 38.5 Å². The van der Waals surface area contributed by atoms with Crippen LogP contribution in [0.2, 0.25) is 0 Å². The molecule has 1 N–H and O–H groups in total. The zero-order chi connectivity index (χ0) is 31.8. The third-order valence-corrected chi connectivity index (χ3v) is 12.2. The number of alkyl halides is 2. The molecule has 0 amide bonds. The fourth-order valence-electron chi connectivity index (χ4n) is 7.49. The highest BCUT2D eigenvalue weighted by molar-refractivity contribution is 7.97. The van der Waals surface area contributed by atoms with Crippen molar-refractivity contribution in [1.82, 2.24) is 0 Å². The van der Waals surface area contributed by atoms with Crippen molar-refractivity contribution >= 4 is 27.0 Å². The van der Waals surface area contributed by atoms with Crippen LogP contribution in [0.5, 0.6) is 0 Å². The van der Waals surface area contributed by atoms with Gasteiger partial charge in [0.25, 0.3) is 0 Å². The quantitative estimate of drug-likeness (QED) is 0.159. The van der Waals surface area contributed by atoms with E-state index in [0.29, 0.717) is 17.8 Å². The van der Waals surface area contributed by atoms with Crippen molar-refractivity contribution in [2.75, 3.05) is 6.61 Å². The number of hydrogen-bond acceptors (Lipinski definition) is 4. The summed E-state index contributed by atoms with van der Waals surface area (Å²) in [7, 11) is -5.84. The van der Waals surface area contributed by atoms with Crippen molar-refractivity contribution in [2.24, 2.45) is 23.2 Å². The van der Waals surface area contributed by atoms with E-state index in [2.05, 4.69) is 110 Å². The molecule has 4 fully saturated rings. The maximum Gasteiger partial charge on any atom is 0.465 e. The maximum atomic E-state index is 13.2. The molecule has 4 aliphatic carbocycles. The molecule has 236 valence electrons. The Hall–Kier alpha value is -2.75. The molecular weight excluding hydrogens is 603 g/mol. The van der Waals surface area contributed by atoms with Gasteiger partial charge in [0.2, 0.25) is 0 Å². The monoisotopic (exact) mass is 643 g/mol. The summed E-state index contributed by atoms with van der Waals surface area (Å²) in [5.74, 6) is -0.480. The van der Waals surface area contributed by atoms with Crippen LogP contribution in [0.4, 0.5) is 8.78 Å². The lowest BCUT2D eigenvalue weighted by Gasteiger charge is -2.56. The van der Waals surface area contributed by atoms with Crippen LogP contribution in [0.15, 0.2) is 99.6 Å². The Balaban J connectivity index is 0.000000175. The summed E-state index contributed by atoms with van der Waals surface area (Å²) < 4.78 is 60.4. The van der Waals surface area contributed by atoms with Gasteiger partial charge in [0.1, 0.15) is 0 Å². The second-order valence-corrected chi connectivity index (χ2v) is 17.2. The lowest BCUT2D eigenvalue weighted by atomic mass is 9.50. The van der Waals surface area contributed by atoms with Crippen LogP contribution in [0.1, 0.15) is 64.9 Å². The largest absolute Gasteiger partial charge is 0.465 e. The first kappa shape index (κ1) is 32.6. The van der Waals surface area contributed by atoms with Gasteiger partial charge in [0.15, 0.2) is 14.7 Å². The second kappa shape index (κ2) is 12.6. The first-order valence-corrected chi connectivity index (χ1v) is 17.8. The Morgan fingerprint density at radius 1 is 0.795 bits per heavy atom. The SMILES string of the molecule is CC(C)(C)c1ccc([S+](c2ccccc2)c2ccccc2)cc1.O=C(OCC12CC3CC(CC(C3)C1)C2)C(F)(F)S(=O)(=O)O. The minimum atomic E-state index is -5.79. The number of halogens is 2. The summed E-state index contributed by atoms with van der Waals surface area (Å²) >= 11 is 0. The summed E-state index contributed by atoms with van der Waals surface area (Å²) in [6.45, 7) is 6.60. The molecule has 4 bridgehead atoms. The molecule has 4 saturated carbocycles. The van der Waals surface area contributed by atoms with Gasteiger partial charge < -0.3 is 4.74 Å². The maximum absolute atomic E-state index is 13.2. The molecule has 0 atom stereocenters. The van der Waals surface area contributed by atoms with Crippen LogP contribution in [0, 0.1) is 23.2 Å². The van der Waals surface area contributed by atoms with Crippen molar-refractivity contribution in [1.29, 1.82) is 0 Å². The van der Waals surface area contributed by atoms with Crippen LogP contribution in [0.3, 0.4) is 0 Å². The molecule has 0 aliphatic heterocycles. The Labute approximate surface area is 262 Å². The Bertz CT molecular complexity index is 1460. The van der Waals surface area contributed by atoms with Gasteiger partial charge in [0, 0.05) is 5.41 Å². The molecule has 0 radical (unpaired) electrons. The molecule has 7 rings (SSSR count). The Morgan fingerprint density at radius 3 is 1.59 bits per heavy atom. The smallest absolute Gasteiger partial charge is 0.460 e. The summed E-state index contributed by atoms with van der Waals surface area (Å²) in [6.07, 6.45) is 6.04. The Morgan fingerprint density at radius 2 is 1.20 bits per heavy atom. The number of hydrogen-bond donors (Lipinski definition) is 1. The molecular formula is C35H41F2O5S2+. The minimum Gasteiger partial charge on any atom is -0.460 e. The molecule has 9 heteroatoms. The summed E-state index contributed by atoms with van der Waals surface area (Å²) in [6, 6.07) is 30.7. The van der Waals surface area contributed by atoms with Crippen LogP contribution in [0.25, 0.3) is 0 Å². The van der Waals surface area contributed by atoms with Crippen molar-refractivity contribution in [2.45, 2.75) is 84.7 Å². The summed E-state index contributed by atoms with van der Waals surface area (Å²) in [4.78, 5) is 15.4. The minimum absolute atomic E-state index is 0.0497. The molecule has 3 aromatic rings. The van der Waals surface area contributed by atoms with Gasteiger partial charge in [-0.25, -0.2) is 4.79 Å². The second-order valence-electron chi connectivity index (χ2n) is 13.7. The Kier molecular flexibility index (Phi) is 9.32. The number of carbonyl (C=O) groups excluding carboxylic acids is 1. The lowest BCUT2D eigenvalue weighted by molar-refractivity contribution is -0.172. The van der Waals surface area contributed by atoms with E-state index in [1.807, 2.05) is 0 Å². The van der Waals surface area contributed by atoms with E-state index in [-0.39, 0.29) is 28.3 Å². The fraction of sp³-hybridized carbons (Fsp3) is 0.457. The zero-order valence-electron chi connectivity index (χ0n) is 25.4. The van der Waals surface area contributed by atoms with Crippen LogP contribution < -0.4 is 0 Å². The fourth-order valence-corrected chi connectivity index (χ4v) is 9.84. The molecule has 3 aromatic carbocycles. The average molecular weight is 644 g/mol. The van der Waals surface area contributed by atoms with Crippen molar-refractivity contribution < 1.29 is 31.3 Å². The van der Waals surface area contributed by atoms with E-state index in [1.54, 1.807) is 0 Å². The standard InChI is InChI=1S/C22H23S.C13H18F2O5S/c1-22(2,3)18-14-16-21(17-15-18)23(19-10-6-4-7-11-19)20-12-8-5-9-13-20;14-13(15,21(17,18)19)11(16)20-7-12-4-8-1-9(5-12)3-10(2-8)6-12/h4-17H,1-3H3;8-10H,1-7H2,(H,17,18,19)/q+1;. The topological polar surface area (TPSA) is 80.7 Å². The van der Waals surface area contributed by atoms with Gasteiger partial charge in [-0.15, -0.1) is 0 Å². The van der Waals surface area contributed by atoms with Crippen LogP contribution in [-0.4, -0.2) is 30.8 Å². The molecule has 0 unspecified atom stereocenters. The van der Waals surface area contributed by atoms with Gasteiger partial charge in [-0.05, 0) is 104 Å². The molecule has 4 aliphatic rings. The normalized spacial score (nSPS) is 24.5. The first-order chi connectivity index (χ1) is 20.7. The van der Waals surface area contributed by atoms with Gasteiger partial charge in [-0.3, -0.25) is 4.55 Å². The van der Waals surface area contributed by atoms with E-state index < -0.39 is 21.3 Å². The van der Waals surface area contributed by atoms with Crippen molar-refractivity contribution in [3.63, 3.8) is 0 Å². The van der Waals surface area contributed by atoms with Gasteiger partial charge >= 0.3 is 21.3 Å². The van der Waals surface area contributed by atoms with E-state index in [9.17, 15) is 22.0 Å². The molecule has 0 saturated heterocycles. The van der Waals surface area contributed by atoms with E-state index in [1.165, 1.54) is 20.2 Å². The summed E-state index contributed by atoms with van der Waals surface area (Å²) in [5.41, 5.74) is 1.29. The van der Waals surface area contributed by atoms with Gasteiger partial charge in [-0.1, -0.05) is 69.3 Å². The van der Waals surface area contributed by atoms with E-state index >= 15 is 0 Å². The summed E-state index contributed by atoms with van der Waals surface area (Å²) in [5, 5.41) is -4.89. The third-order valence-electron chi connectivity index (χ3n) is 9.15. The van der Waals surface area contributed by atoms with E-state index in [4.69, 9.17) is 4.55 Å². The average Bonchev–Trinajstić information content (AvgIpc) is 2.96. The van der Waals surface area contributed by atoms with Crippen molar-refractivity contribution in [3.05, 3.63) is 90.5 Å². The van der Waals surface area contributed by atoms with Crippen LogP contribution in [-0.2, 0) is 36.0 Å². The molecule has 5 nitrogen and oxygen atoms in total. The predicted octanol–water partition coefficient (Wildman–Crippen LogP) is 8.31. The number of benzene rings is 3.